The van der Waals surface area contributed by atoms with Crippen LogP contribution in [0.5, 0.6) is 5.75 Å². The number of anilines is 1. The number of aryl methyl sites for hydroxylation is 1. The second-order valence-corrected chi connectivity index (χ2v) is 7.13. The lowest BCUT2D eigenvalue weighted by molar-refractivity contribution is -0.115. The predicted octanol–water partition coefficient (Wildman–Crippen LogP) is 3.85. The SMILES string of the molecule is COc1cccc(CC(=O)Nc2ccccc2-c2cn3c(n2)SCC3)c1. The number of rotatable bonds is 5. The number of methoxy groups -OCH3 is 1. The number of aromatic nitrogens is 2. The van der Waals surface area contributed by atoms with Gasteiger partial charge in [0, 0.05) is 24.1 Å². The highest BCUT2D eigenvalue weighted by Gasteiger charge is 2.17. The van der Waals surface area contributed by atoms with Crippen LogP contribution in [0.3, 0.4) is 0 Å². The molecule has 5 nitrogen and oxygen atoms in total. The highest BCUT2D eigenvalue weighted by atomic mass is 32.2. The number of benzene rings is 2. The number of nitrogens with one attached hydrogen (secondary N) is 1. The van der Waals surface area contributed by atoms with E-state index in [4.69, 9.17) is 9.72 Å². The van der Waals surface area contributed by atoms with Crippen molar-refractivity contribution in [2.45, 2.75) is 18.1 Å². The molecule has 0 saturated heterocycles. The van der Waals surface area contributed by atoms with E-state index in [1.807, 2.05) is 48.5 Å². The van der Waals surface area contributed by atoms with E-state index < -0.39 is 0 Å². The van der Waals surface area contributed by atoms with Gasteiger partial charge in [0.2, 0.25) is 5.91 Å². The Morgan fingerprint density at radius 3 is 3.00 bits per heavy atom. The Kier molecular flexibility index (Phi) is 4.67. The van der Waals surface area contributed by atoms with Gasteiger partial charge in [0.25, 0.3) is 0 Å². The summed E-state index contributed by atoms with van der Waals surface area (Å²) in [4.78, 5) is 17.2. The number of fused-ring (bicyclic) bond motifs is 1. The van der Waals surface area contributed by atoms with Crippen molar-refractivity contribution in [2.24, 2.45) is 0 Å². The summed E-state index contributed by atoms with van der Waals surface area (Å²) in [5, 5.41) is 4.06. The molecule has 4 rings (SSSR count). The quantitative estimate of drug-likeness (QED) is 0.746. The van der Waals surface area contributed by atoms with Crippen LogP contribution in [-0.4, -0.2) is 28.3 Å². The molecule has 1 aromatic heterocycles. The minimum atomic E-state index is -0.0631. The lowest BCUT2D eigenvalue weighted by atomic mass is 10.1. The molecular formula is C20H19N3O2S. The van der Waals surface area contributed by atoms with Crippen molar-refractivity contribution < 1.29 is 9.53 Å². The molecule has 0 atom stereocenters. The van der Waals surface area contributed by atoms with Gasteiger partial charge in [0.05, 0.1) is 24.9 Å². The van der Waals surface area contributed by atoms with Crippen molar-refractivity contribution in [3.05, 3.63) is 60.3 Å². The van der Waals surface area contributed by atoms with Crippen LogP contribution in [0, 0.1) is 0 Å². The number of amides is 1. The molecule has 0 spiro atoms. The fourth-order valence-electron chi connectivity index (χ4n) is 3.02. The number of carbonyl (C=O) groups is 1. The number of imidazole rings is 1. The molecule has 2 aromatic carbocycles. The maximum atomic E-state index is 12.5. The number of hydrogen-bond acceptors (Lipinski definition) is 4. The van der Waals surface area contributed by atoms with Crippen LogP contribution < -0.4 is 10.1 Å². The lowest BCUT2D eigenvalue weighted by Crippen LogP contribution is -2.15. The molecule has 1 aliphatic heterocycles. The first-order valence-electron chi connectivity index (χ1n) is 8.45. The summed E-state index contributed by atoms with van der Waals surface area (Å²) in [5.74, 6) is 1.76. The fraction of sp³-hybridized carbons (Fsp3) is 0.200. The van der Waals surface area contributed by atoms with Crippen molar-refractivity contribution in [1.29, 1.82) is 0 Å². The van der Waals surface area contributed by atoms with Gasteiger partial charge < -0.3 is 14.6 Å². The summed E-state index contributed by atoms with van der Waals surface area (Å²) < 4.78 is 7.38. The number of ether oxygens (including phenoxy) is 1. The zero-order chi connectivity index (χ0) is 17.9. The van der Waals surface area contributed by atoms with Crippen LogP contribution in [0.25, 0.3) is 11.3 Å². The molecule has 26 heavy (non-hydrogen) atoms. The van der Waals surface area contributed by atoms with Gasteiger partial charge in [0.1, 0.15) is 5.75 Å². The second-order valence-electron chi connectivity index (χ2n) is 6.07. The molecule has 0 saturated carbocycles. The van der Waals surface area contributed by atoms with Crippen molar-refractivity contribution in [1.82, 2.24) is 9.55 Å². The first-order valence-corrected chi connectivity index (χ1v) is 9.43. The molecular weight excluding hydrogens is 346 g/mol. The van der Waals surface area contributed by atoms with Crippen LogP contribution in [0.1, 0.15) is 5.56 Å². The number of thioether (sulfide) groups is 1. The Balaban J connectivity index is 1.53. The molecule has 6 heteroatoms. The van der Waals surface area contributed by atoms with E-state index in [0.29, 0.717) is 6.42 Å². The standard InChI is InChI=1S/C20H19N3O2S/c1-25-15-6-4-5-14(11-15)12-19(24)21-17-8-3-2-7-16(17)18-13-23-9-10-26-20(23)22-18/h2-8,11,13H,9-10,12H2,1H3,(H,21,24). The Morgan fingerprint density at radius 2 is 2.15 bits per heavy atom. The monoisotopic (exact) mass is 365 g/mol. The van der Waals surface area contributed by atoms with Gasteiger partial charge >= 0.3 is 0 Å². The largest absolute Gasteiger partial charge is 0.497 e. The van der Waals surface area contributed by atoms with Crippen LogP contribution in [-0.2, 0) is 17.8 Å². The maximum Gasteiger partial charge on any atom is 0.228 e. The van der Waals surface area contributed by atoms with Gasteiger partial charge in [-0.05, 0) is 23.8 Å². The highest BCUT2D eigenvalue weighted by Crippen LogP contribution is 2.32. The molecule has 2 heterocycles. The fourth-order valence-corrected chi connectivity index (χ4v) is 3.96. The predicted molar refractivity (Wildman–Crippen MR) is 104 cm³/mol. The summed E-state index contributed by atoms with van der Waals surface area (Å²) in [6, 6.07) is 15.3. The zero-order valence-electron chi connectivity index (χ0n) is 14.4. The Hall–Kier alpha value is -2.73. The van der Waals surface area contributed by atoms with Gasteiger partial charge in [-0.3, -0.25) is 4.79 Å². The number of nitrogens with zero attached hydrogens (tertiary/aromatic N) is 2. The highest BCUT2D eigenvalue weighted by molar-refractivity contribution is 7.99. The zero-order valence-corrected chi connectivity index (χ0v) is 15.3. The number of para-hydroxylation sites is 1. The van der Waals surface area contributed by atoms with Gasteiger partial charge in [-0.2, -0.15) is 0 Å². The Bertz CT molecular complexity index is 930. The van der Waals surface area contributed by atoms with Crippen molar-refractivity contribution in [3.63, 3.8) is 0 Å². The van der Waals surface area contributed by atoms with E-state index in [1.54, 1.807) is 18.9 Å². The molecule has 1 N–H and O–H groups in total. The third-order valence-electron chi connectivity index (χ3n) is 4.28. The van der Waals surface area contributed by atoms with E-state index in [0.717, 1.165) is 45.7 Å². The lowest BCUT2D eigenvalue weighted by Gasteiger charge is -2.10. The van der Waals surface area contributed by atoms with Gasteiger partial charge in [0.15, 0.2) is 5.16 Å². The van der Waals surface area contributed by atoms with Crippen LogP contribution in [0.2, 0.25) is 0 Å². The third kappa shape index (κ3) is 3.46. The van der Waals surface area contributed by atoms with E-state index in [2.05, 4.69) is 16.1 Å². The normalized spacial score (nSPS) is 12.7. The van der Waals surface area contributed by atoms with Gasteiger partial charge in [-0.1, -0.05) is 42.1 Å². The van der Waals surface area contributed by atoms with Gasteiger partial charge in [-0.25, -0.2) is 4.98 Å². The average Bonchev–Trinajstić information content (AvgIpc) is 3.24. The Morgan fingerprint density at radius 1 is 1.27 bits per heavy atom. The summed E-state index contributed by atoms with van der Waals surface area (Å²) in [5.41, 5.74) is 3.53. The summed E-state index contributed by atoms with van der Waals surface area (Å²) in [6.45, 7) is 0.983. The van der Waals surface area contributed by atoms with Crippen LogP contribution >= 0.6 is 11.8 Å². The minimum absolute atomic E-state index is 0.0631. The van der Waals surface area contributed by atoms with E-state index in [1.165, 1.54) is 0 Å². The first-order chi connectivity index (χ1) is 12.7. The molecule has 0 bridgehead atoms. The smallest absolute Gasteiger partial charge is 0.228 e. The molecule has 132 valence electrons. The van der Waals surface area contributed by atoms with Crippen LogP contribution in [0.15, 0.2) is 59.9 Å². The first kappa shape index (κ1) is 16.7. The molecule has 0 unspecified atom stereocenters. The molecule has 0 fully saturated rings. The third-order valence-corrected chi connectivity index (χ3v) is 5.25. The topological polar surface area (TPSA) is 56.1 Å². The molecule has 1 amide bonds. The average molecular weight is 365 g/mol. The second kappa shape index (κ2) is 7.25. The van der Waals surface area contributed by atoms with E-state index in [9.17, 15) is 4.79 Å². The van der Waals surface area contributed by atoms with E-state index >= 15 is 0 Å². The van der Waals surface area contributed by atoms with Crippen molar-refractivity contribution in [3.8, 4) is 17.0 Å². The van der Waals surface area contributed by atoms with Crippen LogP contribution in [0.4, 0.5) is 5.69 Å². The summed E-state index contributed by atoms with van der Waals surface area (Å²) in [7, 11) is 1.62. The Labute approximate surface area is 156 Å². The number of hydrogen-bond donors (Lipinski definition) is 1. The molecule has 1 aliphatic rings. The molecule has 0 radical (unpaired) electrons. The maximum absolute atomic E-state index is 12.5. The van der Waals surface area contributed by atoms with Crippen molar-refractivity contribution in [2.75, 3.05) is 18.2 Å². The van der Waals surface area contributed by atoms with Gasteiger partial charge in [-0.15, -0.1) is 0 Å². The van der Waals surface area contributed by atoms with Crippen molar-refractivity contribution >= 4 is 23.4 Å². The summed E-state index contributed by atoms with van der Waals surface area (Å²) >= 11 is 1.76. The number of carbonyl (C=O) groups excluding carboxylic acids is 1. The molecule has 3 aromatic rings. The molecule has 0 aliphatic carbocycles. The summed E-state index contributed by atoms with van der Waals surface area (Å²) in [6.07, 6.45) is 2.35. The van der Waals surface area contributed by atoms with E-state index in [-0.39, 0.29) is 5.91 Å². The minimum Gasteiger partial charge on any atom is -0.497 e.